The molecule has 0 aromatic heterocycles. The molecule has 0 heterocycles. The van der Waals surface area contributed by atoms with Gasteiger partial charge in [0.15, 0.2) is 0 Å². The van der Waals surface area contributed by atoms with Gasteiger partial charge < -0.3 is 5.11 Å². The van der Waals surface area contributed by atoms with Crippen LogP contribution in [0.5, 0.6) is 0 Å². The highest BCUT2D eigenvalue weighted by molar-refractivity contribution is 7.89. The largest absolute Gasteiger partial charge is 0.393 e. The molecule has 0 aliphatic heterocycles. The summed E-state index contributed by atoms with van der Waals surface area (Å²) in [5, 5.41) is 9.95. The lowest BCUT2D eigenvalue weighted by atomic mass is 9.86. The van der Waals surface area contributed by atoms with Crippen molar-refractivity contribution in [2.75, 3.05) is 13.6 Å². The van der Waals surface area contributed by atoms with Crippen molar-refractivity contribution in [2.45, 2.75) is 43.6 Å². The molecule has 2 rings (SSSR count). The number of hydrogen-bond acceptors (Lipinski definition) is 3. The van der Waals surface area contributed by atoms with Crippen molar-refractivity contribution in [3.05, 3.63) is 29.6 Å². The van der Waals surface area contributed by atoms with Gasteiger partial charge in [0, 0.05) is 13.6 Å². The minimum Gasteiger partial charge on any atom is -0.393 e. The van der Waals surface area contributed by atoms with E-state index in [0.717, 1.165) is 31.7 Å². The van der Waals surface area contributed by atoms with Crippen LogP contribution in [-0.2, 0) is 10.0 Å². The maximum atomic E-state index is 13.6. The molecule has 21 heavy (non-hydrogen) atoms. The third-order valence-corrected chi connectivity index (χ3v) is 6.03. The molecule has 0 spiro atoms. The lowest BCUT2D eigenvalue weighted by molar-refractivity contribution is 0.0620. The summed E-state index contributed by atoms with van der Waals surface area (Å²) in [6, 6.07) is 3.94. The molecule has 2 atom stereocenters. The number of aliphatic hydroxyl groups excluding tert-OH is 1. The fourth-order valence-corrected chi connectivity index (χ4v) is 3.98. The van der Waals surface area contributed by atoms with Gasteiger partial charge in [0.1, 0.15) is 5.82 Å². The molecular formula is C15H22FNO3S. The van der Waals surface area contributed by atoms with Crippen LogP contribution in [0.15, 0.2) is 23.1 Å². The summed E-state index contributed by atoms with van der Waals surface area (Å²) < 4.78 is 39.7. The maximum Gasteiger partial charge on any atom is 0.242 e. The first-order chi connectivity index (χ1) is 9.82. The maximum absolute atomic E-state index is 13.6. The van der Waals surface area contributed by atoms with Gasteiger partial charge in [-0.05, 0) is 43.4 Å². The normalized spacial score (nSPS) is 23.5. The Morgan fingerprint density at radius 2 is 2.00 bits per heavy atom. The Balaban J connectivity index is 2.16. The fraction of sp³-hybridized carbons (Fsp3) is 0.600. The molecule has 118 valence electrons. The standard InChI is InChI=1S/C15H22FNO3S/c1-11-7-8-13(9-14(11)16)21(19,20)17(2)10-12-5-3-4-6-15(12)18/h7-9,12,15,18H,3-6,10H2,1-2H3. The molecule has 4 nitrogen and oxygen atoms in total. The zero-order chi connectivity index (χ0) is 15.6. The van der Waals surface area contributed by atoms with Crippen molar-refractivity contribution >= 4 is 10.0 Å². The smallest absolute Gasteiger partial charge is 0.242 e. The monoisotopic (exact) mass is 315 g/mol. The summed E-state index contributed by atoms with van der Waals surface area (Å²) in [7, 11) is -2.24. The van der Waals surface area contributed by atoms with Crippen LogP contribution < -0.4 is 0 Å². The summed E-state index contributed by atoms with van der Waals surface area (Å²) in [4.78, 5) is -0.0431. The van der Waals surface area contributed by atoms with E-state index in [-0.39, 0.29) is 17.4 Å². The van der Waals surface area contributed by atoms with E-state index in [4.69, 9.17) is 0 Å². The van der Waals surface area contributed by atoms with Crippen LogP contribution in [0.3, 0.4) is 0 Å². The summed E-state index contributed by atoms with van der Waals surface area (Å²) in [6.45, 7) is 1.85. The second-order valence-electron chi connectivity index (χ2n) is 5.81. The lowest BCUT2D eigenvalue weighted by Gasteiger charge is -2.30. The molecule has 1 aromatic rings. The van der Waals surface area contributed by atoms with Crippen molar-refractivity contribution in [2.24, 2.45) is 5.92 Å². The van der Waals surface area contributed by atoms with Crippen molar-refractivity contribution in [1.82, 2.24) is 4.31 Å². The average molecular weight is 315 g/mol. The highest BCUT2D eigenvalue weighted by Gasteiger charge is 2.29. The molecule has 0 radical (unpaired) electrons. The average Bonchev–Trinajstić information content (AvgIpc) is 2.44. The summed E-state index contributed by atoms with van der Waals surface area (Å²) in [5.41, 5.74) is 0.416. The summed E-state index contributed by atoms with van der Waals surface area (Å²) >= 11 is 0. The third-order valence-electron chi connectivity index (χ3n) is 4.21. The minimum absolute atomic E-state index is 0.0431. The SMILES string of the molecule is Cc1ccc(S(=O)(=O)N(C)CC2CCCCC2O)cc1F. The predicted molar refractivity (Wildman–Crippen MR) is 78.9 cm³/mol. The van der Waals surface area contributed by atoms with Crippen molar-refractivity contribution < 1.29 is 17.9 Å². The molecule has 1 aliphatic rings. The van der Waals surface area contributed by atoms with Crippen molar-refractivity contribution in [3.63, 3.8) is 0 Å². The summed E-state index contributed by atoms with van der Waals surface area (Å²) in [6.07, 6.45) is 3.08. The molecule has 1 fully saturated rings. The van der Waals surface area contributed by atoms with Gasteiger partial charge >= 0.3 is 0 Å². The van der Waals surface area contributed by atoms with E-state index >= 15 is 0 Å². The molecule has 1 aromatic carbocycles. The number of nitrogens with zero attached hydrogens (tertiary/aromatic N) is 1. The van der Waals surface area contributed by atoms with E-state index in [1.807, 2.05) is 0 Å². The van der Waals surface area contributed by atoms with E-state index in [1.165, 1.54) is 23.5 Å². The molecule has 0 saturated heterocycles. The first-order valence-electron chi connectivity index (χ1n) is 7.23. The van der Waals surface area contributed by atoms with E-state index in [1.54, 1.807) is 6.92 Å². The first kappa shape index (κ1) is 16.4. The molecule has 1 saturated carbocycles. The van der Waals surface area contributed by atoms with Gasteiger partial charge in [0.2, 0.25) is 10.0 Å². The minimum atomic E-state index is -3.72. The van der Waals surface area contributed by atoms with Crippen LogP contribution in [-0.4, -0.2) is 37.5 Å². The van der Waals surface area contributed by atoms with Gasteiger partial charge in [0.25, 0.3) is 0 Å². The van der Waals surface area contributed by atoms with E-state index in [9.17, 15) is 17.9 Å². The lowest BCUT2D eigenvalue weighted by Crippen LogP contribution is -2.38. The van der Waals surface area contributed by atoms with Gasteiger partial charge in [-0.2, -0.15) is 0 Å². The number of sulfonamides is 1. The Kier molecular flexibility index (Phi) is 5.01. The molecule has 1 aliphatic carbocycles. The van der Waals surface area contributed by atoms with E-state index < -0.39 is 21.9 Å². The van der Waals surface area contributed by atoms with Crippen LogP contribution in [0.2, 0.25) is 0 Å². The number of rotatable bonds is 4. The molecule has 0 bridgehead atoms. The Hall–Kier alpha value is -0.980. The van der Waals surface area contributed by atoms with Gasteiger partial charge in [-0.3, -0.25) is 0 Å². The Labute approximate surface area is 125 Å². The quantitative estimate of drug-likeness (QED) is 0.927. The van der Waals surface area contributed by atoms with Gasteiger partial charge in [0.05, 0.1) is 11.0 Å². The number of aryl methyl sites for hydroxylation is 1. The third kappa shape index (κ3) is 3.62. The first-order valence-corrected chi connectivity index (χ1v) is 8.67. The predicted octanol–water partition coefficient (Wildman–Crippen LogP) is 2.31. The Morgan fingerprint density at radius 3 is 2.62 bits per heavy atom. The summed E-state index contributed by atoms with van der Waals surface area (Å²) in [5.74, 6) is -0.573. The topological polar surface area (TPSA) is 57.6 Å². The second kappa shape index (κ2) is 6.42. The van der Waals surface area contributed by atoms with Gasteiger partial charge in [-0.15, -0.1) is 0 Å². The Bertz CT molecular complexity index is 603. The Morgan fingerprint density at radius 1 is 1.33 bits per heavy atom. The van der Waals surface area contributed by atoms with E-state index in [2.05, 4.69) is 0 Å². The van der Waals surface area contributed by atoms with Crippen molar-refractivity contribution in [3.8, 4) is 0 Å². The number of hydrogen-bond donors (Lipinski definition) is 1. The van der Waals surface area contributed by atoms with Crippen molar-refractivity contribution in [1.29, 1.82) is 0 Å². The number of halogens is 1. The van der Waals surface area contributed by atoms with Crippen LogP contribution >= 0.6 is 0 Å². The highest BCUT2D eigenvalue weighted by Crippen LogP contribution is 2.27. The van der Waals surface area contributed by atoms with Crippen LogP contribution in [0, 0.1) is 18.7 Å². The molecule has 2 unspecified atom stereocenters. The van der Waals surface area contributed by atoms with Crippen LogP contribution in [0.4, 0.5) is 4.39 Å². The molecule has 1 N–H and O–H groups in total. The number of aliphatic hydroxyl groups is 1. The van der Waals surface area contributed by atoms with E-state index in [0.29, 0.717) is 5.56 Å². The zero-order valence-electron chi connectivity index (χ0n) is 12.4. The van der Waals surface area contributed by atoms with Gasteiger partial charge in [-0.25, -0.2) is 17.1 Å². The second-order valence-corrected chi connectivity index (χ2v) is 7.85. The molecule has 0 amide bonds. The zero-order valence-corrected chi connectivity index (χ0v) is 13.2. The highest BCUT2D eigenvalue weighted by atomic mass is 32.2. The van der Waals surface area contributed by atoms with Gasteiger partial charge in [-0.1, -0.05) is 18.9 Å². The van der Waals surface area contributed by atoms with Crippen LogP contribution in [0.25, 0.3) is 0 Å². The number of benzene rings is 1. The fourth-order valence-electron chi connectivity index (χ4n) is 2.74. The van der Waals surface area contributed by atoms with Crippen LogP contribution in [0.1, 0.15) is 31.2 Å². The molecular weight excluding hydrogens is 293 g/mol. The molecule has 6 heteroatoms.